The average molecular weight is 203 g/mol. The number of hydrogen-bond donors (Lipinski definition) is 2. The van der Waals surface area contributed by atoms with Gasteiger partial charge in [0.2, 0.25) is 0 Å². The minimum Gasteiger partial charge on any atom is -0.391 e. The van der Waals surface area contributed by atoms with Crippen molar-refractivity contribution < 1.29 is 5.11 Å². The lowest BCUT2D eigenvalue weighted by Gasteiger charge is -2.32. The number of hydrogen-bond acceptors (Lipinski definition) is 2. The quantitative estimate of drug-likeness (QED) is 0.732. The second kappa shape index (κ2) is 3.24. The van der Waals surface area contributed by atoms with E-state index in [4.69, 9.17) is 0 Å². The van der Waals surface area contributed by atoms with Crippen LogP contribution in [0.4, 0.5) is 5.69 Å². The summed E-state index contributed by atoms with van der Waals surface area (Å²) in [5.41, 5.74) is 3.76. The van der Waals surface area contributed by atoms with Crippen molar-refractivity contribution in [2.75, 3.05) is 5.32 Å². The van der Waals surface area contributed by atoms with Crippen LogP contribution in [0.3, 0.4) is 0 Å². The maximum Gasteiger partial charge on any atom is 0.0784 e. The largest absolute Gasteiger partial charge is 0.391 e. The van der Waals surface area contributed by atoms with E-state index in [9.17, 15) is 5.11 Å². The lowest BCUT2D eigenvalue weighted by atomic mass is 9.92. The highest BCUT2D eigenvalue weighted by Gasteiger charge is 2.38. The van der Waals surface area contributed by atoms with E-state index in [0.29, 0.717) is 12.0 Å². The first kappa shape index (κ1) is 9.22. The van der Waals surface area contributed by atoms with Crippen molar-refractivity contribution in [3.8, 4) is 0 Å². The van der Waals surface area contributed by atoms with E-state index >= 15 is 0 Å². The smallest absolute Gasteiger partial charge is 0.0784 e. The molecule has 1 aromatic carbocycles. The summed E-state index contributed by atoms with van der Waals surface area (Å²) < 4.78 is 0. The molecule has 0 radical (unpaired) electrons. The minimum atomic E-state index is -0.202. The maximum absolute atomic E-state index is 10.1. The predicted molar refractivity (Wildman–Crippen MR) is 61.0 cm³/mol. The molecule has 1 heterocycles. The van der Waals surface area contributed by atoms with Crippen molar-refractivity contribution in [2.45, 2.75) is 38.3 Å². The Kier molecular flexibility index (Phi) is 1.99. The van der Waals surface area contributed by atoms with Gasteiger partial charge in [-0.05, 0) is 37.3 Å². The molecular weight excluding hydrogens is 186 g/mol. The van der Waals surface area contributed by atoms with Gasteiger partial charge in [-0.25, -0.2) is 0 Å². The van der Waals surface area contributed by atoms with Crippen molar-refractivity contribution in [2.24, 2.45) is 5.92 Å². The Labute approximate surface area is 90.3 Å². The third-order valence-electron chi connectivity index (χ3n) is 3.56. The SMILES string of the molecule is Cc1ccc2c(c1)CC(O)C(C1CC1)N2. The number of aryl methyl sites for hydroxylation is 1. The van der Waals surface area contributed by atoms with Crippen LogP contribution < -0.4 is 5.32 Å². The molecule has 2 N–H and O–H groups in total. The van der Waals surface area contributed by atoms with Crippen LogP contribution in [0.25, 0.3) is 0 Å². The average Bonchev–Trinajstić information content (AvgIpc) is 3.00. The van der Waals surface area contributed by atoms with E-state index in [1.54, 1.807) is 0 Å². The highest BCUT2D eigenvalue weighted by molar-refractivity contribution is 5.56. The minimum absolute atomic E-state index is 0.202. The number of aliphatic hydroxyl groups is 1. The number of aliphatic hydroxyl groups excluding tert-OH is 1. The van der Waals surface area contributed by atoms with Crippen LogP contribution in [-0.2, 0) is 6.42 Å². The van der Waals surface area contributed by atoms with Gasteiger partial charge < -0.3 is 10.4 Å². The summed E-state index contributed by atoms with van der Waals surface area (Å²) in [7, 11) is 0. The van der Waals surface area contributed by atoms with Crippen molar-refractivity contribution in [3.63, 3.8) is 0 Å². The molecule has 0 spiro atoms. The fourth-order valence-corrected chi connectivity index (χ4v) is 2.55. The summed E-state index contributed by atoms with van der Waals surface area (Å²) in [5, 5.41) is 13.5. The van der Waals surface area contributed by atoms with Gasteiger partial charge in [-0.1, -0.05) is 17.7 Å². The Morgan fingerprint density at radius 3 is 2.87 bits per heavy atom. The second-order valence-electron chi connectivity index (χ2n) is 4.94. The fraction of sp³-hybridized carbons (Fsp3) is 0.538. The van der Waals surface area contributed by atoms with E-state index in [-0.39, 0.29) is 6.10 Å². The predicted octanol–water partition coefficient (Wildman–Crippen LogP) is 2.10. The molecule has 2 unspecified atom stereocenters. The number of nitrogens with one attached hydrogen (secondary N) is 1. The first-order valence-corrected chi connectivity index (χ1v) is 5.78. The van der Waals surface area contributed by atoms with Crippen molar-refractivity contribution >= 4 is 5.69 Å². The molecule has 1 saturated carbocycles. The molecule has 0 saturated heterocycles. The summed E-state index contributed by atoms with van der Waals surface area (Å²) in [6, 6.07) is 6.74. The molecule has 1 aliphatic heterocycles. The maximum atomic E-state index is 10.1. The van der Waals surface area contributed by atoms with Crippen LogP contribution in [0.1, 0.15) is 24.0 Å². The van der Waals surface area contributed by atoms with E-state index in [1.807, 2.05) is 0 Å². The molecule has 2 atom stereocenters. The third kappa shape index (κ3) is 1.63. The van der Waals surface area contributed by atoms with Gasteiger partial charge in [-0.3, -0.25) is 0 Å². The summed E-state index contributed by atoms with van der Waals surface area (Å²) in [5.74, 6) is 0.703. The van der Waals surface area contributed by atoms with Crippen LogP contribution in [0.15, 0.2) is 18.2 Å². The Hall–Kier alpha value is -1.02. The number of fused-ring (bicyclic) bond motifs is 1. The van der Waals surface area contributed by atoms with E-state index in [2.05, 4.69) is 30.4 Å². The number of rotatable bonds is 1. The van der Waals surface area contributed by atoms with Crippen LogP contribution in [0, 0.1) is 12.8 Å². The van der Waals surface area contributed by atoms with Crippen molar-refractivity contribution in [1.29, 1.82) is 0 Å². The lowest BCUT2D eigenvalue weighted by Crippen LogP contribution is -2.40. The first-order valence-electron chi connectivity index (χ1n) is 5.78. The number of anilines is 1. The first-order chi connectivity index (χ1) is 7.24. The van der Waals surface area contributed by atoms with Crippen molar-refractivity contribution in [1.82, 2.24) is 0 Å². The highest BCUT2D eigenvalue weighted by atomic mass is 16.3. The fourth-order valence-electron chi connectivity index (χ4n) is 2.55. The summed E-state index contributed by atoms with van der Waals surface area (Å²) in [6.07, 6.45) is 3.16. The van der Waals surface area contributed by atoms with Crippen molar-refractivity contribution in [3.05, 3.63) is 29.3 Å². The van der Waals surface area contributed by atoms with Gasteiger partial charge in [0.15, 0.2) is 0 Å². The van der Waals surface area contributed by atoms with Crippen LogP contribution in [0.2, 0.25) is 0 Å². The molecule has 2 heteroatoms. The molecule has 80 valence electrons. The zero-order valence-corrected chi connectivity index (χ0v) is 9.03. The number of benzene rings is 1. The summed E-state index contributed by atoms with van der Waals surface area (Å²) in [4.78, 5) is 0. The molecule has 1 aliphatic carbocycles. The van der Waals surface area contributed by atoms with E-state index in [0.717, 1.165) is 6.42 Å². The molecule has 3 rings (SSSR count). The molecule has 0 bridgehead atoms. The summed E-state index contributed by atoms with van der Waals surface area (Å²) >= 11 is 0. The Morgan fingerprint density at radius 1 is 1.33 bits per heavy atom. The molecular formula is C13H17NO. The highest BCUT2D eigenvalue weighted by Crippen LogP contribution is 2.39. The Bertz CT molecular complexity index is 384. The Balaban J connectivity index is 1.91. The van der Waals surface area contributed by atoms with Crippen LogP contribution in [-0.4, -0.2) is 17.3 Å². The van der Waals surface area contributed by atoms with Gasteiger partial charge in [0.05, 0.1) is 12.1 Å². The molecule has 2 nitrogen and oxygen atoms in total. The topological polar surface area (TPSA) is 32.3 Å². The molecule has 15 heavy (non-hydrogen) atoms. The van der Waals surface area contributed by atoms with Gasteiger partial charge in [0.25, 0.3) is 0 Å². The van der Waals surface area contributed by atoms with Crippen LogP contribution >= 0.6 is 0 Å². The molecule has 1 fully saturated rings. The summed E-state index contributed by atoms with van der Waals surface area (Å²) in [6.45, 7) is 2.10. The molecule has 2 aliphatic rings. The normalized spacial score (nSPS) is 29.5. The third-order valence-corrected chi connectivity index (χ3v) is 3.56. The zero-order chi connectivity index (χ0) is 10.4. The van der Waals surface area contributed by atoms with Gasteiger partial charge in [-0.15, -0.1) is 0 Å². The molecule has 0 amide bonds. The molecule has 1 aromatic rings. The second-order valence-corrected chi connectivity index (χ2v) is 4.94. The molecule has 0 aromatic heterocycles. The van der Waals surface area contributed by atoms with E-state index in [1.165, 1.54) is 29.7 Å². The standard InChI is InChI=1S/C13H17NO/c1-8-2-5-11-10(6-8)7-12(15)13(14-11)9-3-4-9/h2,5-6,9,12-15H,3-4,7H2,1H3. The monoisotopic (exact) mass is 203 g/mol. The van der Waals surface area contributed by atoms with Crippen LogP contribution in [0.5, 0.6) is 0 Å². The van der Waals surface area contributed by atoms with Gasteiger partial charge >= 0.3 is 0 Å². The van der Waals surface area contributed by atoms with Gasteiger partial charge in [0, 0.05) is 12.1 Å². The Morgan fingerprint density at radius 2 is 2.13 bits per heavy atom. The zero-order valence-electron chi connectivity index (χ0n) is 9.03. The van der Waals surface area contributed by atoms with Gasteiger partial charge in [0.1, 0.15) is 0 Å². The van der Waals surface area contributed by atoms with Gasteiger partial charge in [-0.2, -0.15) is 0 Å². The lowest BCUT2D eigenvalue weighted by molar-refractivity contribution is 0.139. The van der Waals surface area contributed by atoms with E-state index < -0.39 is 0 Å².